The quantitative estimate of drug-likeness (QED) is 0.817. The summed E-state index contributed by atoms with van der Waals surface area (Å²) in [6.07, 6.45) is -3.59. The van der Waals surface area contributed by atoms with E-state index in [4.69, 9.17) is 9.47 Å². The minimum atomic E-state index is -4.53. The van der Waals surface area contributed by atoms with Crippen molar-refractivity contribution in [2.75, 3.05) is 20.2 Å². The summed E-state index contributed by atoms with van der Waals surface area (Å²) in [6, 6.07) is 9.30. The van der Waals surface area contributed by atoms with Gasteiger partial charge >= 0.3 is 6.18 Å². The van der Waals surface area contributed by atoms with Crippen LogP contribution in [-0.4, -0.2) is 42.1 Å². The van der Waals surface area contributed by atoms with E-state index in [0.717, 1.165) is 11.6 Å². The number of rotatable bonds is 5. The number of hydrogen-bond acceptors (Lipinski definition) is 4. The molecular formula is C18H17F3N2O3. The Kier molecular flexibility index (Phi) is 5.01. The van der Waals surface area contributed by atoms with Crippen molar-refractivity contribution in [3.63, 3.8) is 0 Å². The Morgan fingerprint density at radius 2 is 2.04 bits per heavy atom. The fourth-order valence-electron chi connectivity index (χ4n) is 2.64. The molecule has 2 heterocycles. The molecule has 0 N–H and O–H groups in total. The van der Waals surface area contributed by atoms with Gasteiger partial charge < -0.3 is 14.4 Å². The highest BCUT2D eigenvalue weighted by atomic mass is 19.4. The highest BCUT2D eigenvalue weighted by Crippen LogP contribution is 2.35. The predicted molar refractivity (Wildman–Crippen MR) is 86.9 cm³/mol. The lowest BCUT2D eigenvalue weighted by Crippen LogP contribution is -2.56. The lowest BCUT2D eigenvalue weighted by atomic mass is 10.1. The fourth-order valence-corrected chi connectivity index (χ4v) is 2.64. The number of amides is 1. The molecule has 0 unspecified atom stereocenters. The highest BCUT2D eigenvalue weighted by Gasteiger charge is 2.38. The summed E-state index contributed by atoms with van der Waals surface area (Å²) in [5, 5.41) is 0. The monoisotopic (exact) mass is 366 g/mol. The first-order valence-electron chi connectivity index (χ1n) is 7.96. The highest BCUT2D eigenvalue weighted by molar-refractivity contribution is 5.79. The van der Waals surface area contributed by atoms with E-state index in [9.17, 15) is 18.0 Å². The van der Waals surface area contributed by atoms with Crippen LogP contribution in [0.5, 0.6) is 11.6 Å². The van der Waals surface area contributed by atoms with Gasteiger partial charge in [-0.15, -0.1) is 0 Å². The molecule has 0 saturated carbocycles. The molecule has 0 atom stereocenters. The number of benzene rings is 1. The molecule has 1 aromatic heterocycles. The molecule has 1 fully saturated rings. The number of alkyl halides is 3. The molecule has 3 rings (SSSR count). The van der Waals surface area contributed by atoms with Gasteiger partial charge in [0.05, 0.1) is 26.6 Å². The van der Waals surface area contributed by atoms with Gasteiger partial charge in [0.25, 0.3) is 0 Å². The Balaban J connectivity index is 1.55. The fraction of sp³-hybridized carbons (Fsp3) is 0.333. The van der Waals surface area contributed by atoms with Crippen molar-refractivity contribution in [1.82, 2.24) is 9.88 Å². The van der Waals surface area contributed by atoms with Gasteiger partial charge in [-0.25, -0.2) is 4.98 Å². The van der Waals surface area contributed by atoms with E-state index >= 15 is 0 Å². The van der Waals surface area contributed by atoms with E-state index in [2.05, 4.69) is 4.98 Å². The molecular weight excluding hydrogens is 349 g/mol. The van der Waals surface area contributed by atoms with Crippen LogP contribution in [-0.2, 0) is 17.4 Å². The van der Waals surface area contributed by atoms with Gasteiger partial charge in [0, 0.05) is 6.20 Å². The molecule has 2 aromatic rings. The average Bonchev–Trinajstić information content (AvgIpc) is 2.57. The van der Waals surface area contributed by atoms with Crippen molar-refractivity contribution >= 4 is 5.91 Å². The lowest BCUT2D eigenvalue weighted by molar-refractivity contribution is -0.144. The maximum Gasteiger partial charge on any atom is 0.421 e. The zero-order chi connectivity index (χ0) is 18.7. The van der Waals surface area contributed by atoms with Gasteiger partial charge in [-0.2, -0.15) is 13.2 Å². The number of hydrogen-bond donors (Lipinski definition) is 0. The summed E-state index contributed by atoms with van der Waals surface area (Å²) in [4.78, 5) is 17.5. The molecule has 1 saturated heterocycles. The number of carbonyl (C=O) groups excluding carboxylic acids is 1. The predicted octanol–water partition coefficient (Wildman–Crippen LogP) is 2.94. The van der Waals surface area contributed by atoms with Crippen LogP contribution < -0.4 is 9.47 Å². The van der Waals surface area contributed by atoms with Crippen molar-refractivity contribution in [2.45, 2.75) is 18.7 Å². The van der Waals surface area contributed by atoms with E-state index in [1.54, 1.807) is 30.2 Å². The Morgan fingerprint density at radius 1 is 1.27 bits per heavy atom. The van der Waals surface area contributed by atoms with Crippen LogP contribution in [0.15, 0.2) is 42.6 Å². The third-order valence-electron chi connectivity index (χ3n) is 4.05. The third-order valence-corrected chi connectivity index (χ3v) is 4.05. The van der Waals surface area contributed by atoms with Crippen LogP contribution >= 0.6 is 0 Å². The lowest BCUT2D eigenvalue weighted by Gasteiger charge is -2.39. The van der Waals surface area contributed by atoms with E-state index in [1.807, 2.05) is 6.07 Å². The van der Waals surface area contributed by atoms with Gasteiger partial charge in [0.2, 0.25) is 11.8 Å². The SMILES string of the molecule is COc1cccc(CC(=O)N2CC(Oc3ncccc3C(F)(F)F)C2)c1. The molecule has 1 amide bonds. The summed E-state index contributed by atoms with van der Waals surface area (Å²) in [5.41, 5.74) is -0.107. The van der Waals surface area contributed by atoms with Gasteiger partial charge in [-0.1, -0.05) is 12.1 Å². The minimum Gasteiger partial charge on any atom is -0.497 e. The molecule has 1 aliphatic heterocycles. The summed E-state index contributed by atoms with van der Waals surface area (Å²) in [5.74, 6) is 0.0926. The maximum atomic E-state index is 12.9. The first kappa shape index (κ1) is 18.0. The Bertz CT molecular complexity index is 789. The van der Waals surface area contributed by atoms with Crippen molar-refractivity contribution in [3.8, 4) is 11.6 Å². The van der Waals surface area contributed by atoms with Crippen molar-refractivity contribution < 1.29 is 27.4 Å². The van der Waals surface area contributed by atoms with Gasteiger partial charge in [0.15, 0.2) is 0 Å². The Morgan fingerprint density at radius 3 is 2.73 bits per heavy atom. The molecule has 0 radical (unpaired) electrons. The number of pyridine rings is 1. The zero-order valence-electron chi connectivity index (χ0n) is 14.0. The molecule has 26 heavy (non-hydrogen) atoms. The number of carbonyl (C=O) groups is 1. The van der Waals surface area contributed by atoms with Crippen molar-refractivity contribution in [2.24, 2.45) is 0 Å². The number of aromatic nitrogens is 1. The van der Waals surface area contributed by atoms with Crippen LogP contribution in [0.4, 0.5) is 13.2 Å². The number of nitrogens with zero attached hydrogens (tertiary/aromatic N) is 2. The summed E-state index contributed by atoms with van der Waals surface area (Å²) in [7, 11) is 1.55. The van der Waals surface area contributed by atoms with E-state index in [-0.39, 0.29) is 25.4 Å². The van der Waals surface area contributed by atoms with Crippen molar-refractivity contribution in [3.05, 3.63) is 53.7 Å². The maximum absolute atomic E-state index is 12.9. The second-order valence-corrected chi connectivity index (χ2v) is 5.92. The van der Waals surface area contributed by atoms with Crippen LogP contribution in [0.25, 0.3) is 0 Å². The second kappa shape index (κ2) is 7.23. The first-order chi connectivity index (χ1) is 12.4. The minimum absolute atomic E-state index is 0.116. The molecule has 8 heteroatoms. The number of likely N-dealkylation sites (tertiary alicyclic amines) is 1. The van der Waals surface area contributed by atoms with Gasteiger partial charge in [-0.3, -0.25) is 4.79 Å². The second-order valence-electron chi connectivity index (χ2n) is 5.92. The standard InChI is InChI=1S/C18H17F3N2O3/c1-25-13-5-2-4-12(8-13)9-16(24)23-10-14(11-23)26-17-15(18(19,20)21)6-3-7-22-17/h2-8,14H,9-11H2,1H3. The first-order valence-corrected chi connectivity index (χ1v) is 7.96. The number of methoxy groups -OCH3 is 1. The van der Waals surface area contributed by atoms with Crippen LogP contribution in [0.1, 0.15) is 11.1 Å². The molecule has 0 spiro atoms. The van der Waals surface area contributed by atoms with Crippen LogP contribution in [0.3, 0.4) is 0 Å². The summed E-state index contributed by atoms with van der Waals surface area (Å²) >= 11 is 0. The number of ether oxygens (including phenoxy) is 2. The summed E-state index contributed by atoms with van der Waals surface area (Å²) < 4.78 is 49.3. The molecule has 138 valence electrons. The molecule has 5 nitrogen and oxygen atoms in total. The topological polar surface area (TPSA) is 51.7 Å². The van der Waals surface area contributed by atoms with Crippen LogP contribution in [0, 0.1) is 0 Å². The third kappa shape index (κ3) is 4.07. The Labute approximate surface area is 148 Å². The van der Waals surface area contributed by atoms with E-state index in [1.165, 1.54) is 12.3 Å². The van der Waals surface area contributed by atoms with Gasteiger partial charge in [-0.05, 0) is 29.8 Å². The average molecular weight is 366 g/mol. The molecule has 1 aliphatic rings. The number of halogens is 3. The van der Waals surface area contributed by atoms with Crippen LogP contribution in [0.2, 0.25) is 0 Å². The van der Waals surface area contributed by atoms with Gasteiger partial charge in [0.1, 0.15) is 17.4 Å². The molecule has 1 aromatic carbocycles. The smallest absolute Gasteiger partial charge is 0.421 e. The largest absolute Gasteiger partial charge is 0.497 e. The zero-order valence-corrected chi connectivity index (χ0v) is 14.0. The normalized spacial score (nSPS) is 14.7. The summed E-state index contributed by atoms with van der Waals surface area (Å²) in [6.45, 7) is 0.466. The molecule has 0 bridgehead atoms. The van der Waals surface area contributed by atoms with Crippen molar-refractivity contribution in [1.29, 1.82) is 0 Å². The van der Waals surface area contributed by atoms with E-state index in [0.29, 0.717) is 5.75 Å². The molecule has 0 aliphatic carbocycles. The Hall–Kier alpha value is -2.77. The van der Waals surface area contributed by atoms with E-state index < -0.39 is 23.7 Å².